The van der Waals surface area contributed by atoms with Crippen LogP contribution in [0.2, 0.25) is 0 Å². The number of hydrogen-bond donors (Lipinski definition) is 2. The summed E-state index contributed by atoms with van der Waals surface area (Å²) in [5.74, 6) is 1.16. The van der Waals surface area contributed by atoms with E-state index in [0.29, 0.717) is 18.5 Å². The summed E-state index contributed by atoms with van der Waals surface area (Å²) in [6.07, 6.45) is 3.59. The van der Waals surface area contributed by atoms with E-state index in [1.165, 1.54) is 11.6 Å². The fourth-order valence-corrected chi connectivity index (χ4v) is 3.73. The van der Waals surface area contributed by atoms with E-state index in [0.717, 1.165) is 48.8 Å². The zero-order valence-electron chi connectivity index (χ0n) is 17.9. The lowest BCUT2D eigenvalue weighted by molar-refractivity contribution is 0.461. The molecule has 1 aliphatic heterocycles. The molecule has 2 aromatic carbocycles. The lowest BCUT2D eigenvalue weighted by Crippen LogP contribution is -2.48. The van der Waals surface area contributed by atoms with Gasteiger partial charge < -0.3 is 20.0 Å². The highest BCUT2D eigenvalue weighted by Gasteiger charge is 2.20. The first-order valence-corrected chi connectivity index (χ1v) is 10.6. The standard InChI is InChI=1S/C24H28FN5O/c1-17-6-8-18(9-7-17)23-28-21(16-31-23)15-27-24(26-2)29-20-10-12-30(13-11-20)22-5-3-4-19(25)14-22/h3-9,14,16,20H,10-13,15H2,1-2H3,(H2,26,27,29). The van der Waals surface area contributed by atoms with E-state index in [2.05, 4.69) is 32.4 Å². The summed E-state index contributed by atoms with van der Waals surface area (Å²) in [5, 5.41) is 6.79. The molecule has 7 heteroatoms. The average Bonchev–Trinajstić information content (AvgIpc) is 3.26. The summed E-state index contributed by atoms with van der Waals surface area (Å²) < 4.78 is 19.1. The summed E-state index contributed by atoms with van der Waals surface area (Å²) in [5.41, 5.74) is 3.93. The Morgan fingerprint density at radius 1 is 1.19 bits per heavy atom. The summed E-state index contributed by atoms with van der Waals surface area (Å²) in [4.78, 5) is 11.1. The molecule has 1 aromatic heterocycles. The Bertz CT molecular complexity index is 1020. The second-order valence-corrected chi connectivity index (χ2v) is 7.82. The van der Waals surface area contributed by atoms with Crippen molar-refractivity contribution < 1.29 is 8.81 Å². The molecular weight excluding hydrogens is 393 g/mol. The van der Waals surface area contributed by atoms with Crippen molar-refractivity contribution in [3.05, 3.63) is 71.9 Å². The Balaban J connectivity index is 1.26. The smallest absolute Gasteiger partial charge is 0.226 e. The van der Waals surface area contributed by atoms with Gasteiger partial charge in [0.1, 0.15) is 12.1 Å². The third-order valence-corrected chi connectivity index (χ3v) is 5.52. The number of aliphatic imine (C=N–C) groups is 1. The van der Waals surface area contributed by atoms with Gasteiger partial charge in [-0.2, -0.15) is 0 Å². The number of nitrogens with zero attached hydrogens (tertiary/aromatic N) is 3. The fourth-order valence-electron chi connectivity index (χ4n) is 3.73. The topological polar surface area (TPSA) is 65.7 Å². The molecule has 1 saturated heterocycles. The minimum atomic E-state index is -0.194. The molecule has 162 valence electrons. The number of aryl methyl sites for hydroxylation is 1. The van der Waals surface area contributed by atoms with Crippen LogP contribution in [0.3, 0.4) is 0 Å². The minimum absolute atomic E-state index is 0.194. The Morgan fingerprint density at radius 3 is 2.68 bits per heavy atom. The quantitative estimate of drug-likeness (QED) is 0.479. The van der Waals surface area contributed by atoms with Crippen molar-refractivity contribution >= 4 is 11.6 Å². The van der Waals surface area contributed by atoms with Crippen LogP contribution in [0.15, 0.2) is 64.2 Å². The third-order valence-electron chi connectivity index (χ3n) is 5.52. The zero-order chi connectivity index (χ0) is 21.6. The molecule has 0 atom stereocenters. The second kappa shape index (κ2) is 9.64. The zero-order valence-corrected chi connectivity index (χ0v) is 17.9. The Kier molecular flexibility index (Phi) is 6.50. The summed E-state index contributed by atoms with van der Waals surface area (Å²) in [7, 11) is 1.76. The van der Waals surface area contributed by atoms with Crippen molar-refractivity contribution in [3.8, 4) is 11.5 Å². The predicted molar refractivity (Wildman–Crippen MR) is 122 cm³/mol. The molecule has 1 aliphatic rings. The first kappa shape index (κ1) is 20.9. The van der Waals surface area contributed by atoms with Gasteiger partial charge in [-0.05, 0) is 50.1 Å². The van der Waals surface area contributed by atoms with Crippen LogP contribution < -0.4 is 15.5 Å². The highest BCUT2D eigenvalue weighted by molar-refractivity contribution is 5.80. The molecule has 3 aromatic rings. The number of hydrogen-bond acceptors (Lipinski definition) is 4. The highest BCUT2D eigenvalue weighted by Crippen LogP contribution is 2.21. The highest BCUT2D eigenvalue weighted by atomic mass is 19.1. The van der Waals surface area contributed by atoms with Crippen molar-refractivity contribution in [2.45, 2.75) is 32.4 Å². The largest absolute Gasteiger partial charge is 0.444 e. The molecule has 0 spiro atoms. The number of guanidine groups is 1. The van der Waals surface area contributed by atoms with Gasteiger partial charge in [0.15, 0.2) is 5.96 Å². The van der Waals surface area contributed by atoms with E-state index < -0.39 is 0 Å². The van der Waals surface area contributed by atoms with Gasteiger partial charge in [-0.1, -0.05) is 23.8 Å². The van der Waals surface area contributed by atoms with Crippen LogP contribution >= 0.6 is 0 Å². The molecule has 0 unspecified atom stereocenters. The number of anilines is 1. The van der Waals surface area contributed by atoms with Gasteiger partial charge in [0.2, 0.25) is 5.89 Å². The first-order chi connectivity index (χ1) is 15.1. The molecule has 0 bridgehead atoms. The Labute approximate surface area is 182 Å². The third kappa shape index (κ3) is 5.42. The van der Waals surface area contributed by atoms with E-state index in [1.54, 1.807) is 25.4 Å². The molecule has 0 aliphatic carbocycles. The summed E-state index contributed by atoms with van der Waals surface area (Å²) >= 11 is 0. The monoisotopic (exact) mass is 421 g/mol. The van der Waals surface area contributed by atoms with E-state index in [1.807, 2.05) is 30.3 Å². The lowest BCUT2D eigenvalue weighted by atomic mass is 10.0. The number of oxazole rings is 1. The normalized spacial score (nSPS) is 15.2. The van der Waals surface area contributed by atoms with Gasteiger partial charge in [0.05, 0.1) is 12.2 Å². The van der Waals surface area contributed by atoms with Crippen LogP contribution in [0.5, 0.6) is 0 Å². The molecule has 0 radical (unpaired) electrons. The van der Waals surface area contributed by atoms with Gasteiger partial charge in [0.25, 0.3) is 0 Å². The maximum atomic E-state index is 13.5. The summed E-state index contributed by atoms with van der Waals surface area (Å²) in [6, 6.07) is 15.2. The molecule has 0 amide bonds. The van der Waals surface area contributed by atoms with Crippen molar-refractivity contribution in [1.82, 2.24) is 15.6 Å². The van der Waals surface area contributed by atoms with E-state index >= 15 is 0 Å². The second-order valence-electron chi connectivity index (χ2n) is 7.82. The molecule has 6 nitrogen and oxygen atoms in total. The average molecular weight is 422 g/mol. The SMILES string of the molecule is CN=C(NCc1coc(-c2ccc(C)cc2)n1)NC1CCN(c2cccc(F)c2)CC1. The molecule has 0 saturated carbocycles. The van der Waals surface area contributed by atoms with Gasteiger partial charge in [0, 0.05) is 37.4 Å². The van der Waals surface area contributed by atoms with E-state index in [9.17, 15) is 4.39 Å². The minimum Gasteiger partial charge on any atom is -0.444 e. The maximum Gasteiger partial charge on any atom is 0.226 e. The lowest BCUT2D eigenvalue weighted by Gasteiger charge is -2.34. The molecule has 2 heterocycles. The molecular formula is C24H28FN5O. The molecule has 4 rings (SSSR count). The van der Waals surface area contributed by atoms with E-state index in [4.69, 9.17) is 4.42 Å². The van der Waals surface area contributed by atoms with E-state index in [-0.39, 0.29) is 5.82 Å². The Morgan fingerprint density at radius 2 is 1.97 bits per heavy atom. The predicted octanol–water partition coefficient (Wildman–Crippen LogP) is 4.12. The van der Waals surface area contributed by atoms with Gasteiger partial charge in [-0.15, -0.1) is 0 Å². The van der Waals surface area contributed by atoms with Crippen molar-refractivity contribution in [2.75, 3.05) is 25.0 Å². The van der Waals surface area contributed by atoms with Crippen molar-refractivity contribution in [2.24, 2.45) is 4.99 Å². The van der Waals surface area contributed by atoms with Gasteiger partial charge in [-0.25, -0.2) is 9.37 Å². The van der Waals surface area contributed by atoms with Crippen molar-refractivity contribution in [1.29, 1.82) is 0 Å². The fraction of sp³-hybridized carbons (Fsp3) is 0.333. The molecule has 1 fully saturated rings. The number of halogens is 1. The van der Waals surface area contributed by atoms with Gasteiger partial charge in [-0.3, -0.25) is 4.99 Å². The molecule has 31 heavy (non-hydrogen) atoms. The van der Waals surface area contributed by atoms with Crippen LogP contribution in [0, 0.1) is 12.7 Å². The van der Waals surface area contributed by atoms with Crippen LogP contribution in [0.1, 0.15) is 24.1 Å². The number of aromatic nitrogens is 1. The number of nitrogens with one attached hydrogen (secondary N) is 2. The van der Waals surface area contributed by atoms with Crippen molar-refractivity contribution in [3.63, 3.8) is 0 Å². The van der Waals surface area contributed by atoms with Gasteiger partial charge >= 0.3 is 0 Å². The summed E-state index contributed by atoms with van der Waals surface area (Å²) in [6.45, 7) is 4.33. The van der Waals surface area contributed by atoms with Crippen LogP contribution in [0.25, 0.3) is 11.5 Å². The number of rotatable bonds is 5. The number of piperidine rings is 1. The van der Waals surface area contributed by atoms with Crippen LogP contribution in [-0.4, -0.2) is 37.1 Å². The van der Waals surface area contributed by atoms with Crippen LogP contribution in [-0.2, 0) is 6.54 Å². The maximum absolute atomic E-state index is 13.5. The number of benzene rings is 2. The first-order valence-electron chi connectivity index (χ1n) is 10.6. The molecule has 2 N–H and O–H groups in total. The Hall–Kier alpha value is -3.35. The van der Waals surface area contributed by atoms with Crippen LogP contribution in [0.4, 0.5) is 10.1 Å².